The summed E-state index contributed by atoms with van der Waals surface area (Å²) in [6.45, 7) is 8.75. The summed E-state index contributed by atoms with van der Waals surface area (Å²) in [4.78, 5) is 25.2. The number of unbranched alkanes of at least 4 members (excludes halogenated alkanes) is 11. The summed E-state index contributed by atoms with van der Waals surface area (Å²) in [7, 11) is 0. The van der Waals surface area contributed by atoms with E-state index < -0.39 is 0 Å². The standard InChI is InChI=1S/C27H50O4/c1-5-6-7-8-9-10-11-12-13-14-15-18-21-30-26(28)24-19-16-17-20-25(24)27(29)31-23(4)22(2)3/h22-25H,5-21H2,1-4H3. The second-order valence-corrected chi connectivity index (χ2v) is 9.94. The maximum atomic E-state index is 12.6. The highest BCUT2D eigenvalue weighted by Crippen LogP contribution is 2.32. The SMILES string of the molecule is CCCCCCCCCCCCCCOC(=O)C1CCCCC1C(=O)OC(C)C(C)C. The lowest BCUT2D eigenvalue weighted by atomic mass is 9.79. The fourth-order valence-electron chi connectivity index (χ4n) is 4.32. The van der Waals surface area contributed by atoms with Crippen molar-refractivity contribution >= 4 is 11.9 Å². The van der Waals surface area contributed by atoms with Gasteiger partial charge in [-0.25, -0.2) is 0 Å². The van der Waals surface area contributed by atoms with Crippen molar-refractivity contribution < 1.29 is 19.1 Å². The Bertz CT molecular complexity index is 474. The third-order valence-corrected chi connectivity index (χ3v) is 6.85. The van der Waals surface area contributed by atoms with Gasteiger partial charge < -0.3 is 9.47 Å². The van der Waals surface area contributed by atoms with E-state index in [1.807, 2.05) is 20.8 Å². The number of ether oxygens (including phenoxy) is 2. The molecule has 4 nitrogen and oxygen atoms in total. The van der Waals surface area contributed by atoms with Gasteiger partial charge in [0.05, 0.1) is 18.4 Å². The normalized spacial score (nSPS) is 19.9. The Morgan fingerprint density at radius 2 is 1.16 bits per heavy atom. The van der Waals surface area contributed by atoms with Crippen LogP contribution in [0.4, 0.5) is 0 Å². The van der Waals surface area contributed by atoms with Crippen LogP contribution < -0.4 is 0 Å². The number of hydrogen-bond acceptors (Lipinski definition) is 4. The molecule has 0 amide bonds. The molecule has 31 heavy (non-hydrogen) atoms. The minimum Gasteiger partial charge on any atom is -0.465 e. The van der Waals surface area contributed by atoms with Crippen LogP contribution in [0.5, 0.6) is 0 Å². The monoisotopic (exact) mass is 438 g/mol. The Kier molecular flexibility index (Phi) is 15.8. The van der Waals surface area contributed by atoms with Crippen molar-refractivity contribution in [3.8, 4) is 0 Å². The van der Waals surface area contributed by atoms with E-state index >= 15 is 0 Å². The van der Waals surface area contributed by atoms with Gasteiger partial charge >= 0.3 is 11.9 Å². The predicted octanol–water partition coefficient (Wildman–Crippen LogP) is 7.62. The van der Waals surface area contributed by atoms with Crippen LogP contribution in [-0.4, -0.2) is 24.6 Å². The summed E-state index contributed by atoms with van der Waals surface area (Å²) < 4.78 is 11.2. The highest BCUT2D eigenvalue weighted by atomic mass is 16.5. The fourth-order valence-corrected chi connectivity index (χ4v) is 4.32. The van der Waals surface area contributed by atoms with Crippen LogP contribution in [-0.2, 0) is 19.1 Å². The van der Waals surface area contributed by atoms with E-state index in [2.05, 4.69) is 6.92 Å². The average Bonchev–Trinajstić information content (AvgIpc) is 2.76. The number of rotatable bonds is 17. The first kappa shape index (κ1) is 28.0. The van der Waals surface area contributed by atoms with Crippen molar-refractivity contribution in [3.05, 3.63) is 0 Å². The summed E-state index contributed by atoms with van der Waals surface area (Å²) in [5, 5.41) is 0. The molecule has 0 N–H and O–H groups in total. The van der Waals surface area contributed by atoms with Gasteiger partial charge in [0.1, 0.15) is 6.10 Å². The van der Waals surface area contributed by atoms with Crippen molar-refractivity contribution in [3.63, 3.8) is 0 Å². The van der Waals surface area contributed by atoms with Crippen LogP contribution in [0, 0.1) is 17.8 Å². The Morgan fingerprint density at radius 1 is 0.710 bits per heavy atom. The Morgan fingerprint density at radius 3 is 1.65 bits per heavy atom. The molecule has 0 aromatic heterocycles. The van der Waals surface area contributed by atoms with E-state index in [9.17, 15) is 9.59 Å². The second-order valence-electron chi connectivity index (χ2n) is 9.94. The van der Waals surface area contributed by atoms with Crippen molar-refractivity contribution in [2.45, 2.75) is 137 Å². The van der Waals surface area contributed by atoms with Gasteiger partial charge in [0.2, 0.25) is 0 Å². The molecule has 4 heteroatoms. The Hall–Kier alpha value is -1.06. The average molecular weight is 439 g/mol. The topological polar surface area (TPSA) is 52.6 Å². The molecule has 1 aliphatic carbocycles. The van der Waals surface area contributed by atoms with Crippen LogP contribution in [0.15, 0.2) is 0 Å². The molecule has 1 rings (SSSR count). The number of hydrogen-bond donors (Lipinski definition) is 0. The van der Waals surface area contributed by atoms with Gasteiger partial charge in [-0.1, -0.05) is 104 Å². The van der Waals surface area contributed by atoms with Crippen molar-refractivity contribution in [2.75, 3.05) is 6.61 Å². The van der Waals surface area contributed by atoms with E-state index in [1.165, 1.54) is 64.2 Å². The zero-order valence-corrected chi connectivity index (χ0v) is 21.0. The molecule has 0 bridgehead atoms. The van der Waals surface area contributed by atoms with Crippen molar-refractivity contribution in [1.82, 2.24) is 0 Å². The van der Waals surface area contributed by atoms with E-state index in [1.54, 1.807) is 0 Å². The summed E-state index contributed by atoms with van der Waals surface area (Å²) in [6, 6.07) is 0. The molecule has 3 atom stereocenters. The molecule has 0 radical (unpaired) electrons. The molecule has 0 aliphatic heterocycles. The first-order valence-corrected chi connectivity index (χ1v) is 13.3. The zero-order valence-electron chi connectivity index (χ0n) is 21.0. The number of carbonyl (C=O) groups is 2. The lowest BCUT2D eigenvalue weighted by Gasteiger charge is -2.30. The third kappa shape index (κ3) is 12.5. The van der Waals surface area contributed by atoms with Crippen molar-refractivity contribution in [1.29, 1.82) is 0 Å². The molecule has 182 valence electrons. The summed E-state index contributed by atoms with van der Waals surface area (Å²) in [6.07, 6.45) is 18.8. The van der Waals surface area contributed by atoms with Gasteiger partial charge in [-0.15, -0.1) is 0 Å². The van der Waals surface area contributed by atoms with Gasteiger partial charge in [-0.2, -0.15) is 0 Å². The van der Waals surface area contributed by atoms with Gasteiger partial charge in [-0.3, -0.25) is 9.59 Å². The third-order valence-electron chi connectivity index (χ3n) is 6.85. The summed E-state index contributed by atoms with van der Waals surface area (Å²) >= 11 is 0. The highest BCUT2D eigenvalue weighted by molar-refractivity contribution is 5.82. The molecule has 0 heterocycles. The molecule has 0 aromatic carbocycles. The molecule has 0 aromatic rings. The molecule has 1 fully saturated rings. The van der Waals surface area contributed by atoms with Crippen LogP contribution >= 0.6 is 0 Å². The maximum absolute atomic E-state index is 12.6. The van der Waals surface area contributed by atoms with Gasteiger partial charge in [0, 0.05) is 0 Å². The van der Waals surface area contributed by atoms with E-state index in [0.717, 1.165) is 38.5 Å². The van der Waals surface area contributed by atoms with Crippen LogP contribution in [0.3, 0.4) is 0 Å². The smallest absolute Gasteiger partial charge is 0.310 e. The Labute approximate surface area is 192 Å². The van der Waals surface area contributed by atoms with Gasteiger partial charge in [0.25, 0.3) is 0 Å². The minimum atomic E-state index is -0.329. The predicted molar refractivity (Wildman–Crippen MR) is 128 cm³/mol. The quantitative estimate of drug-likeness (QED) is 0.173. The molecule has 3 unspecified atom stereocenters. The van der Waals surface area contributed by atoms with Gasteiger partial charge in [-0.05, 0) is 32.1 Å². The van der Waals surface area contributed by atoms with Crippen LogP contribution in [0.2, 0.25) is 0 Å². The largest absolute Gasteiger partial charge is 0.465 e. The van der Waals surface area contributed by atoms with E-state index in [-0.39, 0.29) is 35.8 Å². The Balaban J connectivity index is 2.12. The van der Waals surface area contributed by atoms with Crippen LogP contribution in [0.1, 0.15) is 130 Å². The molecular weight excluding hydrogens is 388 g/mol. The van der Waals surface area contributed by atoms with E-state index in [4.69, 9.17) is 9.47 Å². The summed E-state index contributed by atoms with van der Waals surface area (Å²) in [5.74, 6) is -0.777. The maximum Gasteiger partial charge on any atom is 0.310 e. The van der Waals surface area contributed by atoms with E-state index in [0.29, 0.717) is 6.61 Å². The van der Waals surface area contributed by atoms with Crippen LogP contribution in [0.25, 0.3) is 0 Å². The molecular formula is C27H50O4. The minimum absolute atomic E-state index is 0.118. The fraction of sp³-hybridized carbons (Fsp3) is 0.926. The zero-order chi connectivity index (χ0) is 22.9. The molecule has 1 saturated carbocycles. The lowest BCUT2D eigenvalue weighted by molar-refractivity contribution is -0.167. The number of esters is 2. The lowest BCUT2D eigenvalue weighted by Crippen LogP contribution is -2.37. The molecule has 0 spiro atoms. The first-order valence-electron chi connectivity index (χ1n) is 13.3. The first-order chi connectivity index (χ1) is 15.0. The number of carbonyl (C=O) groups excluding carboxylic acids is 2. The highest BCUT2D eigenvalue weighted by Gasteiger charge is 2.38. The molecule has 1 aliphatic rings. The van der Waals surface area contributed by atoms with Gasteiger partial charge in [0.15, 0.2) is 0 Å². The summed E-state index contributed by atoms with van der Waals surface area (Å²) in [5.41, 5.74) is 0. The van der Waals surface area contributed by atoms with Crippen molar-refractivity contribution in [2.24, 2.45) is 17.8 Å². The molecule has 0 saturated heterocycles. The second kappa shape index (κ2) is 17.5.